The fourth-order valence-corrected chi connectivity index (χ4v) is 3.96. The van der Waals surface area contributed by atoms with E-state index in [2.05, 4.69) is 34.5 Å². The van der Waals surface area contributed by atoms with E-state index in [-0.39, 0.29) is 11.3 Å². The molecule has 0 bridgehead atoms. The molecule has 2 aliphatic rings. The monoisotopic (exact) mass is 322 g/mol. The summed E-state index contributed by atoms with van der Waals surface area (Å²) in [5, 5.41) is 2.99. The summed E-state index contributed by atoms with van der Waals surface area (Å²) in [6.07, 6.45) is 2.06. The van der Waals surface area contributed by atoms with Crippen LogP contribution in [0.25, 0.3) is 0 Å². The maximum absolute atomic E-state index is 12.5. The van der Waals surface area contributed by atoms with Crippen LogP contribution in [0.15, 0.2) is 54.6 Å². The second-order valence-electron chi connectivity index (χ2n) is 6.68. The van der Waals surface area contributed by atoms with E-state index in [1.807, 2.05) is 30.3 Å². The van der Waals surface area contributed by atoms with Crippen molar-refractivity contribution in [2.75, 3.05) is 36.5 Å². The first-order chi connectivity index (χ1) is 11.8. The van der Waals surface area contributed by atoms with Crippen molar-refractivity contribution in [3.63, 3.8) is 0 Å². The van der Waals surface area contributed by atoms with Gasteiger partial charge in [0, 0.05) is 36.5 Å². The van der Waals surface area contributed by atoms with Crippen molar-refractivity contribution in [1.82, 2.24) is 0 Å². The fourth-order valence-electron chi connectivity index (χ4n) is 3.96. The van der Waals surface area contributed by atoms with Gasteiger partial charge >= 0.3 is 0 Å². The van der Waals surface area contributed by atoms with Gasteiger partial charge in [0.2, 0.25) is 5.91 Å². The van der Waals surface area contributed by atoms with Crippen molar-refractivity contribution in [2.45, 2.75) is 18.3 Å². The molecular formula is C20H22N2O2. The van der Waals surface area contributed by atoms with Crippen LogP contribution in [0.5, 0.6) is 0 Å². The molecule has 0 aromatic heterocycles. The molecule has 24 heavy (non-hydrogen) atoms. The first-order valence-electron chi connectivity index (χ1n) is 8.54. The van der Waals surface area contributed by atoms with Gasteiger partial charge in [-0.3, -0.25) is 4.79 Å². The van der Waals surface area contributed by atoms with Crippen molar-refractivity contribution >= 4 is 17.3 Å². The lowest BCUT2D eigenvalue weighted by atomic mass is 9.76. The Morgan fingerprint density at radius 2 is 1.75 bits per heavy atom. The Balaban J connectivity index is 1.53. The van der Waals surface area contributed by atoms with E-state index in [0.717, 1.165) is 38.3 Å². The Morgan fingerprint density at radius 1 is 1.04 bits per heavy atom. The molecule has 2 heterocycles. The molecule has 1 fully saturated rings. The average Bonchev–Trinajstić information content (AvgIpc) is 2.90. The smallest absolute Gasteiger partial charge is 0.243 e. The van der Waals surface area contributed by atoms with Crippen molar-refractivity contribution in [3.8, 4) is 0 Å². The van der Waals surface area contributed by atoms with Crippen LogP contribution in [-0.4, -0.2) is 32.2 Å². The lowest BCUT2D eigenvalue weighted by molar-refractivity contribution is -0.115. The molecule has 1 amide bonds. The van der Waals surface area contributed by atoms with E-state index in [0.29, 0.717) is 6.54 Å². The normalized spacial score (nSPS) is 18.4. The first kappa shape index (κ1) is 15.2. The van der Waals surface area contributed by atoms with Crippen LogP contribution in [0, 0.1) is 0 Å². The van der Waals surface area contributed by atoms with Crippen LogP contribution >= 0.6 is 0 Å². The second-order valence-corrected chi connectivity index (χ2v) is 6.68. The minimum atomic E-state index is 0.0279. The highest BCUT2D eigenvalue weighted by Crippen LogP contribution is 2.46. The number of fused-ring (bicyclic) bond motifs is 2. The quantitative estimate of drug-likeness (QED) is 0.943. The number of para-hydroxylation sites is 2. The number of carbonyl (C=O) groups excluding carboxylic acids is 1. The van der Waals surface area contributed by atoms with Crippen LogP contribution in [0.3, 0.4) is 0 Å². The predicted octanol–water partition coefficient (Wildman–Crippen LogP) is 3.19. The van der Waals surface area contributed by atoms with Gasteiger partial charge in [0.15, 0.2) is 0 Å². The van der Waals surface area contributed by atoms with E-state index in [4.69, 9.17) is 4.74 Å². The molecule has 2 aliphatic heterocycles. The van der Waals surface area contributed by atoms with Gasteiger partial charge in [-0.15, -0.1) is 0 Å². The summed E-state index contributed by atoms with van der Waals surface area (Å²) in [6.45, 7) is 2.89. The summed E-state index contributed by atoms with van der Waals surface area (Å²) in [6, 6.07) is 18.1. The molecule has 0 saturated carbocycles. The highest BCUT2D eigenvalue weighted by Gasteiger charge is 2.43. The molecule has 124 valence electrons. The SMILES string of the molecule is O=C(CN1CC2(CCOCC2)c2ccccc21)Nc1ccccc1. The van der Waals surface area contributed by atoms with E-state index >= 15 is 0 Å². The van der Waals surface area contributed by atoms with Crippen molar-refractivity contribution < 1.29 is 9.53 Å². The topological polar surface area (TPSA) is 41.6 Å². The maximum atomic E-state index is 12.5. The molecule has 4 rings (SSSR count). The number of rotatable bonds is 3. The summed E-state index contributed by atoms with van der Waals surface area (Å²) in [5.41, 5.74) is 3.56. The molecule has 0 unspecified atom stereocenters. The highest BCUT2D eigenvalue weighted by molar-refractivity contribution is 5.94. The van der Waals surface area contributed by atoms with Crippen molar-refractivity contribution in [1.29, 1.82) is 0 Å². The zero-order valence-corrected chi connectivity index (χ0v) is 13.7. The molecule has 0 aliphatic carbocycles. The molecule has 1 N–H and O–H groups in total. The Kier molecular flexibility index (Phi) is 3.98. The molecule has 1 spiro atoms. The second kappa shape index (κ2) is 6.29. The van der Waals surface area contributed by atoms with Gasteiger partial charge in [-0.2, -0.15) is 0 Å². The minimum absolute atomic E-state index is 0.0279. The Hall–Kier alpha value is -2.33. The van der Waals surface area contributed by atoms with Gasteiger partial charge in [0.05, 0.1) is 6.54 Å². The van der Waals surface area contributed by atoms with Gasteiger partial charge in [-0.1, -0.05) is 36.4 Å². The van der Waals surface area contributed by atoms with Crippen LogP contribution < -0.4 is 10.2 Å². The van der Waals surface area contributed by atoms with Gasteiger partial charge in [0.25, 0.3) is 0 Å². The Bertz CT molecular complexity index is 723. The lowest BCUT2D eigenvalue weighted by Crippen LogP contribution is -2.41. The van der Waals surface area contributed by atoms with E-state index in [9.17, 15) is 4.79 Å². The zero-order valence-electron chi connectivity index (χ0n) is 13.7. The summed E-state index contributed by atoms with van der Waals surface area (Å²) >= 11 is 0. The Morgan fingerprint density at radius 3 is 2.54 bits per heavy atom. The molecule has 2 aromatic rings. The Labute approximate surface area is 142 Å². The van der Waals surface area contributed by atoms with Gasteiger partial charge < -0.3 is 15.0 Å². The summed E-state index contributed by atoms with van der Waals surface area (Å²) in [4.78, 5) is 14.7. The number of nitrogens with one attached hydrogen (secondary N) is 1. The highest BCUT2D eigenvalue weighted by atomic mass is 16.5. The molecule has 4 nitrogen and oxygen atoms in total. The van der Waals surface area contributed by atoms with Crippen molar-refractivity contribution in [2.24, 2.45) is 0 Å². The number of ether oxygens (including phenoxy) is 1. The summed E-state index contributed by atoms with van der Waals surface area (Å²) < 4.78 is 5.57. The third-order valence-corrected chi connectivity index (χ3v) is 5.15. The lowest BCUT2D eigenvalue weighted by Gasteiger charge is -2.34. The fraction of sp³-hybridized carbons (Fsp3) is 0.350. The van der Waals surface area contributed by atoms with Crippen LogP contribution in [0.4, 0.5) is 11.4 Å². The van der Waals surface area contributed by atoms with Crippen LogP contribution in [-0.2, 0) is 14.9 Å². The number of amides is 1. The third kappa shape index (κ3) is 2.78. The van der Waals surface area contributed by atoms with E-state index in [1.165, 1.54) is 11.3 Å². The third-order valence-electron chi connectivity index (χ3n) is 5.15. The molecule has 1 saturated heterocycles. The number of hydrogen-bond donors (Lipinski definition) is 1. The molecule has 0 atom stereocenters. The largest absolute Gasteiger partial charge is 0.381 e. The van der Waals surface area contributed by atoms with Gasteiger partial charge in [-0.05, 0) is 36.6 Å². The molecule has 0 radical (unpaired) electrons. The minimum Gasteiger partial charge on any atom is -0.381 e. The first-order valence-corrected chi connectivity index (χ1v) is 8.54. The number of hydrogen-bond acceptors (Lipinski definition) is 3. The van der Waals surface area contributed by atoms with E-state index in [1.54, 1.807) is 0 Å². The number of anilines is 2. The summed E-state index contributed by atoms with van der Waals surface area (Å²) in [5.74, 6) is 0.0279. The molecular weight excluding hydrogens is 300 g/mol. The average molecular weight is 322 g/mol. The number of carbonyl (C=O) groups is 1. The summed E-state index contributed by atoms with van der Waals surface area (Å²) in [7, 11) is 0. The molecule has 2 aromatic carbocycles. The predicted molar refractivity (Wildman–Crippen MR) is 95.5 cm³/mol. The molecule has 4 heteroatoms. The maximum Gasteiger partial charge on any atom is 0.243 e. The van der Waals surface area contributed by atoms with Gasteiger partial charge in [-0.25, -0.2) is 0 Å². The van der Waals surface area contributed by atoms with E-state index < -0.39 is 0 Å². The number of nitrogens with zero attached hydrogens (tertiary/aromatic N) is 1. The van der Waals surface area contributed by atoms with Crippen LogP contribution in [0.2, 0.25) is 0 Å². The van der Waals surface area contributed by atoms with Crippen molar-refractivity contribution in [3.05, 3.63) is 60.2 Å². The zero-order chi connectivity index (χ0) is 16.4. The standard InChI is InChI=1S/C20H22N2O2/c23-19(21-16-6-2-1-3-7-16)14-22-15-20(10-12-24-13-11-20)17-8-4-5-9-18(17)22/h1-9H,10-15H2,(H,21,23). The van der Waals surface area contributed by atoms with Crippen LogP contribution in [0.1, 0.15) is 18.4 Å². The number of benzene rings is 2. The van der Waals surface area contributed by atoms with Gasteiger partial charge in [0.1, 0.15) is 0 Å².